The molecule has 1 heterocycles. The van der Waals surface area contributed by atoms with E-state index in [1.807, 2.05) is 6.07 Å². The highest BCUT2D eigenvalue weighted by Crippen LogP contribution is 2.42. The molecule has 0 spiro atoms. The molecule has 100 valence electrons. The van der Waals surface area contributed by atoms with E-state index in [0.717, 1.165) is 29.6 Å². The molecule has 0 saturated carbocycles. The second kappa shape index (κ2) is 4.38. The summed E-state index contributed by atoms with van der Waals surface area (Å²) in [6, 6.07) is 6.48. The van der Waals surface area contributed by atoms with E-state index in [4.69, 9.17) is 16.0 Å². The van der Waals surface area contributed by atoms with Crippen LogP contribution in [0.15, 0.2) is 34.8 Å². The molecule has 0 fully saturated rings. The van der Waals surface area contributed by atoms with Crippen molar-refractivity contribution in [3.05, 3.63) is 41.9 Å². The summed E-state index contributed by atoms with van der Waals surface area (Å²) in [7, 11) is 0. The van der Waals surface area contributed by atoms with Crippen molar-refractivity contribution < 1.29 is 8.81 Å². The highest BCUT2D eigenvalue weighted by atomic mass is 35.5. The maximum absolute atomic E-state index is 13.2. The molecule has 0 bridgehead atoms. The lowest BCUT2D eigenvalue weighted by molar-refractivity contribution is 0.337. The number of halogens is 2. The summed E-state index contributed by atoms with van der Waals surface area (Å²) in [5.74, 6) is 0.562. The fourth-order valence-electron chi connectivity index (χ4n) is 2.79. The average molecular weight is 279 g/mol. The van der Waals surface area contributed by atoms with E-state index in [1.165, 1.54) is 12.1 Å². The minimum Gasteiger partial charge on any atom is -0.456 e. The van der Waals surface area contributed by atoms with Gasteiger partial charge in [0.2, 0.25) is 0 Å². The van der Waals surface area contributed by atoms with Crippen LogP contribution in [0.1, 0.15) is 32.4 Å². The lowest BCUT2D eigenvalue weighted by Crippen LogP contribution is -2.21. The van der Waals surface area contributed by atoms with E-state index in [-0.39, 0.29) is 16.6 Å². The lowest BCUT2D eigenvalue weighted by atomic mass is 9.76. The normalized spacial score (nSPS) is 22.5. The van der Waals surface area contributed by atoms with Crippen molar-refractivity contribution in [1.82, 2.24) is 0 Å². The molecule has 1 aromatic heterocycles. The summed E-state index contributed by atoms with van der Waals surface area (Å²) in [4.78, 5) is 0. The molecule has 2 aromatic rings. The molecule has 1 unspecified atom stereocenters. The Morgan fingerprint density at radius 3 is 2.84 bits per heavy atom. The minimum atomic E-state index is -0.243. The van der Waals surface area contributed by atoms with Crippen LogP contribution in [-0.2, 0) is 0 Å². The van der Waals surface area contributed by atoms with Gasteiger partial charge in [-0.3, -0.25) is 0 Å². The molecule has 1 atom stereocenters. The molecule has 3 rings (SSSR count). The first-order valence-electron chi connectivity index (χ1n) is 6.47. The van der Waals surface area contributed by atoms with Crippen LogP contribution in [0, 0.1) is 11.2 Å². The highest BCUT2D eigenvalue weighted by molar-refractivity contribution is 6.22. The largest absolute Gasteiger partial charge is 0.456 e. The van der Waals surface area contributed by atoms with Crippen molar-refractivity contribution in [2.24, 2.45) is 5.41 Å². The van der Waals surface area contributed by atoms with Gasteiger partial charge in [0, 0.05) is 5.39 Å². The zero-order valence-electron chi connectivity index (χ0n) is 11.0. The zero-order valence-corrected chi connectivity index (χ0v) is 11.8. The Kier molecular flexibility index (Phi) is 2.94. The second-order valence-electron chi connectivity index (χ2n) is 6.05. The maximum atomic E-state index is 13.2. The number of fused-ring (bicyclic) bond motifs is 1. The van der Waals surface area contributed by atoms with Crippen molar-refractivity contribution in [3.63, 3.8) is 0 Å². The van der Waals surface area contributed by atoms with Crippen molar-refractivity contribution in [2.45, 2.75) is 32.1 Å². The first-order valence-corrected chi connectivity index (χ1v) is 6.91. The van der Waals surface area contributed by atoms with Gasteiger partial charge in [-0.2, -0.15) is 0 Å². The van der Waals surface area contributed by atoms with Gasteiger partial charge >= 0.3 is 0 Å². The average Bonchev–Trinajstić information content (AvgIpc) is 2.69. The first-order chi connectivity index (χ1) is 8.93. The van der Waals surface area contributed by atoms with E-state index in [0.29, 0.717) is 5.58 Å². The predicted octanol–water partition coefficient (Wildman–Crippen LogP) is 5.38. The molecule has 3 heteroatoms. The third kappa shape index (κ3) is 2.55. The summed E-state index contributed by atoms with van der Waals surface area (Å²) >= 11 is 6.29. The summed E-state index contributed by atoms with van der Waals surface area (Å²) < 4.78 is 19.0. The Labute approximate surface area is 117 Å². The van der Waals surface area contributed by atoms with Gasteiger partial charge in [0.25, 0.3) is 0 Å². The summed E-state index contributed by atoms with van der Waals surface area (Å²) in [6.45, 7) is 4.41. The molecule has 0 radical (unpaired) electrons. The van der Waals surface area contributed by atoms with Crippen LogP contribution in [0.25, 0.3) is 16.5 Å². The number of hydrogen-bond donors (Lipinski definition) is 0. The topological polar surface area (TPSA) is 13.1 Å². The Morgan fingerprint density at radius 1 is 1.32 bits per heavy atom. The van der Waals surface area contributed by atoms with Crippen LogP contribution in [0.4, 0.5) is 4.39 Å². The lowest BCUT2D eigenvalue weighted by Gasteiger charge is -2.31. The minimum absolute atomic E-state index is 0.0312. The molecule has 1 nitrogen and oxygen atoms in total. The van der Waals surface area contributed by atoms with Crippen LogP contribution >= 0.6 is 11.6 Å². The Balaban J connectivity index is 2.04. The summed E-state index contributed by atoms with van der Waals surface area (Å²) in [5.41, 5.74) is 2.00. The van der Waals surface area contributed by atoms with Gasteiger partial charge in [0.1, 0.15) is 17.2 Å². The van der Waals surface area contributed by atoms with Crippen molar-refractivity contribution in [3.8, 4) is 0 Å². The fourth-order valence-corrected chi connectivity index (χ4v) is 3.36. The van der Waals surface area contributed by atoms with Crippen molar-refractivity contribution in [1.29, 1.82) is 0 Å². The number of hydrogen-bond acceptors (Lipinski definition) is 1. The Bertz CT molecular complexity index is 654. The van der Waals surface area contributed by atoms with E-state index < -0.39 is 0 Å². The molecule has 19 heavy (non-hydrogen) atoms. The number of furan rings is 1. The van der Waals surface area contributed by atoms with Crippen LogP contribution in [0.3, 0.4) is 0 Å². The molecule has 0 aliphatic heterocycles. The molecular formula is C16H16ClFO. The van der Waals surface area contributed by atoms with Crippen LogP contribution in [0.2, 0.25) is 0 Å². The molecule has 0 N–H and O–H groups in total. The summed E-state index contributed by atoms with van der Waals surface area (Å²) in [6.07, 6.45) is 3.95. The Morgan fingerprint density at radius 2 is 2.11 bits per heavy atom. The molecule has 1 aliphatic rings. The first kappa shape index (κ1) is 12.7. The van der Waals surface area contributed by atoms with Gasteiger partial charge in [0.05, 0.1) is 5.38 Å². The quantitative estimate of drug-likeness (QED) is 0.638. The van der Waals surface area contributed by atoms with E-state index in [2.05, 4.69) is 19.9 Å². The smallest absolute Gasteiger partial charge is 0.135 e. The maximum Gasteiger partial charge on any atom is 0.135 e. The number of rotatable bonds is 1. The second-order valence-corrected chi connectivity index (χ2v) is 6.61. The number of benzene rings is 1. The molecule has 1 aromatic carbocycles. The number of allylic oxidation sites excluding steroid dienone is 2. The van der Waals surface area contributed by atoms with E-state index in [1.54, 1.807) is 6.07 Å². The zero-order chi connectivity index (χ0) is 13.6. The van der Waals surface area contributed by atoms with Crippen molar-refractivity contribution >= 4 is 28.1 Å². The third-order valence-corrected chi connectivity index (χ3v) is 3.87. The molecule has 1 aliphatic carbocycles. The van der Waals surface area contributed by atoms with Gasteiger partial charge in [-0.1, -0.05) is 19.9 Å². The van der Waals surface area contributed by atoms with Crippen LogP contribution in [-0.4, -0.2) is 5.38 Å². The van der Waals surface area contributed by atoms with E-state index >= 15 is 0 Å². The Hall–Kier alpha value is -1.28. The third-order valence-electron chi connectivity index (χ3n) is 3.59. The van der Waals surface area contributed by atoms with Crippen LogP contribution < -0.4 is 0 Å². The van der Waals surface area contributed by atoms with Gasteiger partial charge in [-0.25, -0.2) is 4.39 Å². The van der Waals surface area contributed by atoms with Gasteiger partial charge in [-0.15, -0.1) is 11.6 Å². The standard InChI is InChI=1S/C16H16ClFO/c1-16(2)8-11(5-12(17)9-16)15-7-10-6-13(18)3-4-14(10)19-15/h3-7,12H,8-9H2,1-2H3. The van der Waals surface area contributed by atoms with Crippen molar-refractivity contribution in [2.75, 3.05) is 0 Å². The SMILES string of the molecule is CC1(C)CC(c2cc3cc(F)ccc3o2)=CC(Cl)C1. The molecule has 0 amide bonds. The predicted molar refractivity (Wildman–Crippen MR) is 76.8 cm³/mol. The highest BCUT2D eigenvalue weighted by Gasteiger charge is 2.29. The number of alkyl halides is 1. The van der Waals surface area contributed by atoms with Gasteiger partial charge in [0.15, 0.2) is 0 Å². The van der Waals surface area contributed by atoms with E-state index in [9.17, 15) is 4.39 Å². The fraction of sp³-hybridized carbons (Fsp3) is 0.375. The molecule has 0 saturated heterocycles. The van der Waals surface area contributed by atoms with Crippen LogP contribution in [0.5, 0.6) is 0 Å². The van der Waals surface area contributed by atoms with Gasteiger partial charge in [-0.05, 0) is 48.1 Å². The molecular weight excluding hydrogens is 263 g/mol. The van der Waals surface area contributed by atoms with Gasteiger partial charge < -0.3 is 4.42 Å². The summed E-state index contributed by atoms with van der Waals surface area (Å²) in [5, 5.41) is 0.828. The monoisotopic (exact) mass is 278 g/mol.